The molecule has 92 valence electrons. The van der Waals surface area contributed by atoms with E-state index >= 15 is 0 Å². The molecule has 2 fully saturated rings. The van der Waals surface area contributed by atoms with Gasteiger partial charge in [-0.15, -0.1) is 0 Å². The van der Waals surface area contributed by atoms with Crippen LogP contribution in [0.2, 0.25) is 0 Å². The number of nitrogens with one attached hydrogen (secondary N) is 2. The first-order valence-electron chi connectivity index (χ1n) is 6.27. The van der Waals surface area contributed by atoms with Crippen molar-refractivity contribution in [3.63, 3.8) is 0 Å². The van der Waals surface area contributed by atoms with Gasteiger partial charge in [0.05, 0.1) is 0 Å². The van der Waals surface area contributed by atoms with Crippen LogP contribution in [0, 0.1) is 5.41 Å². The van der Waals surface area contributed by atoms with E-state index in [-0.39, 0.29) is 0 Å². The lowest BCUT2D eigenvalue weighted by molar-refractivity contribution is 0.369. The second kappa shape index (κ2) is 4.14. The Morgan fingerprint density at radius 3 is 3.12 bits per heavy atom. The van der Waals surface area contributed by atoms with Gasteiger partial charge in [0, 0.05) is 38.2 Å². The zero-order valence-electron chi connectivity index (χ0n) is 10.2. The summed E-state index contributed by atoms with van der Waals surface area (Å²) in [7, 11) is 1.89. The Balaban J connectivity index is 1.77. The molecule has 1 aromatic heterocycles. The molecule has 2 N–H and O–H groups in total. The quantitative estimate of drug-likeness (QED) is 0.788. The summed E-state index contributed by atoms with van der Waals surface area (Å²) in [4.78, 5) is 10.9. The van der Waals surface area contributed by atoms with E-state index in [0.29, 0.717) is 5.41 Å². The molecule has 0 bridgehead atoms. The van der Waals surface area contributed by atoms with Crippen LogP contribution in [0.15, 0.2) is 12.4 Å². The highest BCUT2D eigenvalue weighted by Crippen LogP contribution is 2.37. The Labute approximate surface area is 102 Å². The topological polar surface area (TPSA) is 53.1 Å². The molecule has 1 spiro atoms. The highest BCUT2D eigenvalue weighted by Gasteiger charge is 2.40. The highest BCUT2D eigenvalue weighted by molar-refractivity contribution is 5.49. The molecule has 5 nitrogen and oxygen atoms in total. The van der Waals surface area contributed by atoms with Gasteiger partial charge in [-0.25, -0.2) is 9.97 Å². The third-order valence-corrected chi connectivity index (χ3v) is 4.00. The van der Waals surface area contributed by atoms with Gasteiger partial charge in [0.2, 0.25) is 0 Å². The van der Waals surface area contributed by atoms with Crippen LogP contribution in [0.3, 0.4) is 0 Å². The summed E-state index contributed by atoms with van der Waals surface area (Å²) in [6, 6.07) is 2.03. The summed E-state index contributed by atoms with van der Waals surface area (Å²) in [5.41, 5.74) is 0.491. The molecule has 2 aliphatic heterocycles. The van der Waals surface area contributed by atoms with Gasteiger partial charge >= 0.3 is 0 Å². The first kappa shape index (κ1) is 10.8. The fraction of sp³-hybridized carbons (Fsp3) is 0.667. The van der Waals surface area contributed by atoms with E-state index < -0.39 is 0 Å². The van der Waals surface area contributed by atoms with Crippen LogP contribution in [-0.2, 0) is 0 Å². The molecule has 0 saturated carbocycles. The average Bonchev–Trinajstić information content (AvgIpc) is 3.01. The van der Waals surface area contributed by atoms with Gasteiger partial charge in [-0.2, -0.15) is 0 Å². The minimum absolute atomic E-state index is 0.491. The van der Waals surface area contributed by atoms with Crippen LogP contribution in [-0.4, -0.2) is 43.2 Å². The van der Waals surface area contributed by atoms with E-state index in [1.165, 1.54) is 19.4 Å². The molecular weight excluding hydrogens is 214 g/mol. The molecule has 3 rings (SSSR count). The zero-order valence-corrected chi connectivity index (χ0v) is 10.2. The minimum atomic E-state index is 0.491. The van der Waals surface area contributed by atoms with Crippen LogP contribution < -0.4 is 15.5 Å². The van der Waals surface area contributed by atoms with Crippen molar-refractivity contribution in [2.24, 2.45) is 5.41 Å². The first-order valence-corrected chi connectivity index (χ1v) is 6.27. The predicted octanol–water partition coefficient (Wildman–Crippen LogP) is 0.708. The van der Waals surface area contributed by atoms with Crippen molar-refractivity contribution in [1.82, 2.24) is 15.3 Å². The van der Waals surface area contributed by atoms with Gasteiger partial charge in [-0.1, -0.05) is 0 Å². The Bertz CT molecular complexity index is 400. The number of nitrogens with zero attached hydrogens (tertiary/aromatic N) is 3. The number of rotatable bonds is 2. The Kier molecular flexibility index (Phi) is 2.63. The molecule has 1 unspecified atom stereocenters. The van der Waals surface area contributed by atoms with Crippen LogP contribution >= 0.6 is 0 Å². The summed E-state index contributed by atoms with van der Waals surface area (Å²) in [5, 5.41) is 6.54. The summed E-state index contributed by atoms with van der Waals surface area (Å²) in [6.07, 6.45) is 4.21. The molecule has 1 atom stereocenters. The van der Waals surface area contributed by atoms with Gasteiger partial charge < -0.3 is 15.5 Å². The Morgan fingerprint density at radius 1 is 1.41 bits per heavy atom. The van der Waals surface area contributed by atoms with Crippen molar-refractivity contribution in [2.75, 3.05) is 43.4 Å². The first-order chi connectivity index (χ1) is 8.31. The minimum Gasteiger partial charge on any atom is -0.373 e. The predicted molar refractivity (Wildman–Crippen MR) is 68.3 cm³/mol. The molecule has 5 heteroatoms. The lowest BCUT2D eigenvalue weighted by Gasteiger charge is -2.23. The van der Waals surface area contributed by atoms with Crippen LogP contribution in [0.1, 0.15) is 12.8 Å². The molecular formula is C12H19N5. The van der Waals surface area contributed by atoms with Gasteiger partial charge in [-0.05, 0) is 19.4 Å². The fourth-order valence-electron chi connectivity index (χ4n) is 2.93. The maximum atomic E-state index is 4.38. The van der Waals surface area contributed by atoms with E-state index in [0.717, 1.165) is 31.3 Å². The molecule has 0 radical (unpaired) electrons. The monoisotopic (exact) mass is 233 g/mol. The second-order valence-electron chi connectivity index (χ2n) is 5.11. The molecule has 0 aliphatic carbocycles. The molecule has 1 aromatic rings. The third-order valence-electron chi connectivity index (χ3n) is 4.00. The van der Waals surface area contributed by atoms with E-state index in [1.807, 2.05) is 13.1 Å². The van der Waals surface area contributed by atoms with Gasteiger partial charge in [0.1, 0.15) is 18.0 Å². The Hall–Kier alpha value is -1.36. The summed E-state index contributed by atoms with van der Waals surface area (Å²) >= 11 is 0. The molecule has 3 heterocycles. The highest BCUT2D eigenvalue weighted by atomic mass is 15.2. The maximum Gasteiger partial charge on any atom is 0.134 e. The van der Waals surface area contributed by atoms with Crippen molar-refractivity contribution in [1.29, 1.82) is 0 Å². The van der Waals surface area contributed by atoms with Crippen molar-refractivity contribution in [3.05, 3.63) is 12.4 Å². The van der Waals surface area contributed by atoms with E-state index in [4.69, 9.17) is 0 Å². The largest absolute Gasteiger partial charge is 0.373 e. The number of aromatic nitrogens is 2. The van der Waals surface area contributed by atoms with Gasteiger partial charge in [0.15, 0.2) is 0 Å². The van der Waals surface area contributed by atoms with E-state index in [1.54, 1.807) is 6.33 Å². The fourth-order valence-corrected chi connectivity index (χ4v) is 2.93. The third kappa shape index (κ3) is 1.95. The lowest BCUT2D eigenvalue weighted by Crippen LogP contribution is -2.29. The molecule has 0 amide bonds. The van der Waals surface area contributed by atoms with Crippen molar-refractivity contribution in [3.8, 4) is 0 Å². The molecule has 2 aliphatic rings. The Morgan fingerprint density at radius 2 is 2.35 bits per heavy atom. The van der Waals surface area contributed by atoms with Crippen LogP contribution in [0.4, 0.5) is 11.6 Å². The van der Waals surface area contributed by atoms with E-state index in [9.17, 15) is 0 Å². The van der Waals surface area contributed by atoms with Crippen molar-refractivity contribution < 1.29 is 0 Å². The number of anilines is 2. The lowest BCUT2D eigenvalue weighted by atomic mass is 9.87. The number of hydrogen-bond donors (Lipinski definition) is 2. The molecule has 2 saturated heterocycles. The van der Waals surface area contributed by atoms with Gasteiger partial charge in [-0.3, -0.25) is 0 Å². The standard InChI is InChI=1S/C12H19N5/c1-13-10-6-11(16-9-15-10)17-5-3-12(8-17)2-4-14-7-12/h6,9,14H,2-5,7-8H2,1H3,(H,13,15,16). The summed E-state index contributed by atoms with van der Waals surface area (Å²) < 4.78 is 0. The molecule has 0 aromatic carbocycles. The maximum absolute atomic E-state index is 4.38. The van der Waals surface area contributed by atoms with Crippen LogP contribution in [0.25, 0.3) is 0 Å². The second-order valence-corrected chi connectivity index (χ2v) is 5.11. The number of hydrogen-bond acceptors (Lipinski definition) is 5. The SMILES string of the molecule is CNc1cc(N2CCC3(CCNC3)C2)ncn1. The molecule has 17 heavy (non-hydrogen) atoms. The van der Waals surface area contributed by atoms with E-state index in [2.05, 4.69) is 25.5 Å². The average molecular weight is 233 g/mol. The summed E-state index contributed by atoms with van der Waals surface area (Å²) in [5.74, 6) is 1.94. The normalized spacial score (nSPS) is 27.9. The smallest absolute Gasteiger partial charge is 0.134 e. The zero-order chi connectivity index (χ0) is 11.7. The van der Waals surface area contributed by atoms with Crippen LogP contribution in [0.5, 0.6) is 0 Å². The van der Waals surface area contributed by atoms with Gasteiger partial charge in [0.25, 0.3) is 0 Å². The van der Waals surface area contributed by atoms with Crippen molar-refractivity contribution >= 4 is 11.6 Å². The van der Waals surface area contributed by atoms with Crippen molar-refractivity contribution in [2.45, 2.75) is 12.8 Å². The summed E-state index contributed by atoms with van der Waals surface area (Å²) in [6.45, 7) is 4.56.